The maximum atomic E-state index is 11.5. The number of ether oxygens (including phenoxy) is 1. The number of methoxy groups -OCH3 is 1. The molecule has 20 heavy (non-hydrogen) atoms. The maximum Gasteiger partial charge on any atom is 0.341 e. The van der Waals surface area contributed by atoms with Crippen LogP contribution in [-0.4, -0.2) is 13.1 Å². The van der Waals surface area contributed by atoms with Crippen molar-refractivity contribution in [2.45, 2.75) is 13.5 Å². The molecule has 1 aromatic carbocycles. The Labute approximate surface area is 126 Å². The second-order valence-electron chi connectivity index (χ2n) is 4.19. The molecule has 6 heteroatoms. The molecule has 0 radical (unpaired) electrons. The fourth-order valence-corrected chi connectivity index (χ4v) is 2.31. The maximum absolute atomic E-state index is 11.5. The van der Waals surface area contributed by atoms with Gasteiger partial charge in [0.15, 0.2) is 0 Å². The van der Waals surface area contributed by atoms with Gasteiger partial charge < -0.3 is 14.5 Å². The van der Waals surface area contributed by atoms with E-state index in [0.717, 1.165) is 5.69 Å². The molecule has 0 aliphatic rings. The Kier molecular flexibility index (Phi) is 4.57. The number of esters is 1. The van der Waals surface area contributed by atoms with E-state index in [0.29, 0.717) is 33.7 Å². The molecule has 0 amide bonds. The minimum Gasteiger partial charge on any atom is -0.465 e. The zero-order chi connectivity index (χ0) is 14.7. The Morgan fingerprint density at radius 3 is 2.50 bits per heavy atom. The molecule has 0 unspecified atom stereocenters. The van der Waals surface area contributed by atoms with Gasteiger partial charge in [-0.1, -0.05) is 23.2 Å². The summed E-state index contributed by atoms with van der Waals surface area (Å²) in [6.45, 7) is 2.13. The second-order valence-corrected chi connectivity index (χ2v) is 5.06. The Morgan fingerprint density at radius 2 is 1.90 bits per heavy atom. The average Bonchev–Trinajstić information content (AvgIpc) is 2.76. The Morgan fingerprint density at radius 1 is 1.25 bits per heavy atom. The molecular formula is C14H13Cl2NO3. The van der Waals surface area contributed by atoms with Gasteiger partial charge in [-0.25, -0.2) is 4.79 Å². The van der Waals surface area contributed by atoms with E-state index in [1.165, 1.54) is 7.11 Å². The normalized spacial score (nSPS) is 10.4. The number of benzene rings is 1. The van der Waals surface area contributed by atoms with Crippen LogP contribution < -0.4 is 5.32 Å². The molecule has 2 rings (SSSR count). The largest absolute Gasteiger partial charge is 0.465 e. The molecule has 0 saturated carbocycles. The molecule has 0 bridgehead atoms. The first-order valence-corrected chi connectivity index (χ1v) is 6.63. The highest BCUT2D eigenvalue weighted by atomic mass is 35.5. The van der Waals surface area contributed by atoms with E-state index in [2.05, 4.69) is 10.1 Å². The lowest BCUT2D eigenvalue weighted by molar-refractivity contribution is 0.0599. The molecule has 4 nitrogen and oxygen atoms in total. The van der Waals surface area contributed by atoms with Gasteiger partial charge in [0, 0.05) is 15.7 Å². The summed E-state index contributed by atoms with van der Waals surface area (Å²) >= 11 is 11.8. The standard InChI is InChI=1S/C14H13Cl2NO3/c1-8-13(14(18)19-2)6-12(20-8)7-17-11-4-9(15)3-10(16)5-11/h3-6,17H,7H2,1-2H3. The van der Waals surface area contributed by atoms with Gasteiger partial charge in [-0.3, -0.25) is 0 Å². The van der Waals surface area contributed by atoms with Gasteiger partial charge in [0.25, 0.3) is 0 Å². The van der Waals surface area contributed by atoms with Crippen LogP contribution in [0.15, 0.2) is 28.7 Å². The zero-order valence-electron chi connectivity index (χ0n) is 11.0. The van der Waals surface area contributed by atoms with Crippen molar-refractivity contribution in [1.82, 2.24) is 0 Å². The molecule has 2 aromatic rings. The van der Waals surface area contributed by atoms with Crippen LogP contribution in [0.2, 0.25) is 10.0 Å². The molecule has 0 fully saturated rings. The van der Waals surface area contributed by atoms with Crippen LogP contribution in [0.5, 0.6) is 0 Å². The van der Waals surface area contributed by atoms with Crippen molar-refractivity contribution in [3.63, 3.8) is 0 Å². The predicted octanol–water partition coefficient (Wildman–Crippen LogP) is 4.29. The summed E-state index contributed by atoms with van der Waals surface area (Å²) in [6, 6.07) is 6.82. The van der Waals surface area contributed by atoms with Crippen LogP contribution in [0.4, 0.5) is 5.69 Å². The first-order chi connectivity index (χ1) is 9.49. The summed E-state index contributed by atoms with van der Waals surface area (Å²) in [7, 11) is 1.33. The first-order valence-electron chi connectivity index (χ1n) is 5.87. The van der Waals surface area contributed by atoms with E-state index in [4.69, 9.17) is 27.6 Å². The van der Waals surface area contributed by atoms with Crippen molar-refractivity contribution in [3.05, 3.63) is 51.4 Å². The lowest BCUT2D eigenvalue weighted by atomic mass is 10.2. The van der Waals surface area contributed by atoms with E-state index in [1.807, 2.05) is 0 Å². The van der Waals surface area contributed by atoms with Gasteiger partial charge >= 0.3 is 5.97 Å². The van der Waals surface area contributed by atoms with E-state index in [-0.39, 0.29) is 0 Å². The zero-order valence-corrected chi connectivity index (χ0v) is 12.5. The topological polar surface area (TPSA) is 51.5 Å². The molecule has 0 atom stereocenters. The van der Waals surface area contributed by atoms with Crippen LogP contribution >= 0.6 is 23.2 Å². The monoisotopic (exact) mass is 313 g/mol. The third-order valence-electron chi connectivity index (χ3n) is 2.70. The van der Waals surface area contributed by atoms with E-state index < -0.39 is 5.97 Å². The molecule has 1 N–H and O–H groups in total. The third kappa shape index (κ3) is 3.46. The number of furan rings is 1. The molecule has 1 heterocycles. The predicted molar refractivity (Wildman–Crippen MR) is 78.6 cm³/mol. The lowest BCUT2D eigenvalue weighted by Gasteiger charge is -2.05. The molecular weight excluding hydrogens is 301 g/mol. The molecule has 0 saturated heterocycles. The Balaban J connectivity index is 2.09. The summed E-state index contributed by atoms with van der Waals surface area (Å²) in [5, 5.41) is 4.22. The van der Waals surface area contributed by atoms with Crippen molar-refractivity contribution in [2.24, 2.45) is 0 Å². The summed E-state index contributed by atoms with van der Waals surface area (Å²) in [5.41, 5.74) is 1.20. The minimum atomic E-state index is -0.414. The highest BCUT2D eigenvalue weighted by Crippen LogP contribution is 2.23. The van der Waals surface area contributed by atoms with Crippen LogP contribution in [0.3, 0.4) is 0 Å². The highest BCUT2D eigenvalue weighted by molar-refractivity contribution is 6.35. The number of hydrogen-bond acceptors (Lipinski definition) is 4. The number of carbonyl (C=O) groups is 1. The van der Waals surface area contributed by atoms with Crippen LogP contribution in [0.25, 0.3) is 0 Å². The van der Waals surface area contributed by atoms with Crippen LogP contribution in [-0.2, 0) is 11.3 Å². The fourth-order valence-electron chi connectivity index (χ4n) is 1.79. The minimum absolute atomic E-state index is 0.411. The highest BCUT2D eigenvalue weighted by Gasteiger charge is 2.15. The number of aryl methyl sites for hydroxylation is 1. The number of anilines is 1. The van der Waals surface area contributed by atoms with E-state index >= 15 is 0 Å². The van der Waals surface area contributed by atoms with Crippen molar-refractivity contribution < 1.29 is 13.9 Å². The number of rotatable bonds is 4. The molecule has 1 aromatic heterocycles. The van der Waals surface area contributed by atoms with Crippen LogP contribution in [0.1, 0.15) is 21.9 Å². The van der Waals surface area contributed by atoms with Crippen molar-refractivity contribution in [2.75, 3.05) is 12.4 Å². The van der Waals surface area contributed by atoms with Gasteiger partial charge in [-0.2, -0.15) is 0 Å². The van der Waals surface area contributed by atoms with E-state index in [1.54, 1.807) is 31.2 Å². The molecule has 0 aliphatic heterocycles. The average molecular weight is 314 g/mol. The Bertz CT molecular complexity index is 617. The summed E-state index contributed by atoms with van der Waals surface area (Å²) < 4.78 is 10.2. The van der Waals surface area contributed by atoms with Gasteiger partial charge in [-0.15, -0.1) is 0 Å². The second kappa shape index (κ2) is 6.20. The van der Waals surface area contributed by atoms with Gasteiger partial charge in [0.1, 0.15) is 17.1 Å². The van der Waals surface area contributed by atoms with Gasteiger partial charge in [0.2, 0.25) is 0 Å². The summed E-state index contributed by atoms with van der Waals surface area (Å²) in [5.74, 6) is 0.736. The molecule has 0 aliphatic carbocycles. The van der Waals surface area contributed by atoms with E-state index in [9.17, 15) is 4.79 Å². The third-order valence-corrected chi connectivity index (χ3v) is 3.14. The first kappa shape index (κ1) is 14.8. The van der Waals surface area contributed by atoms with Crippen LogP contribution in [0, 0.1) is 6.92 Å². The molecule has 106 valence electrons. The number of hydrogen-bond donors (Lipinski definition) is 1. The molecule has 0 spiro atoms. The van der Waals surface area contributed by atoms with Crippen molar-refractivity contribution in [3.8, 4) is 0 Å². The number of nitrogens with one attached hydrogen (secondary N) is 1. The number of halogens is 2. The Hall–Kier alpha value is -1.65. The SMILES string of the molecule is COC(=O)c1cc(CNc2cc(Cl)cc(Cl)c2)oc1C. The summed E-state index contributed by atoms with van der Waals surface area (Å²) in [4.78, 5) is 11.5. The lowest BCUT2D eigenvalue weighted by Crippen LogP contribution is -2.01. The number of carbonyl (C=O) groups excluding carboxylic acids is 1. The van der Waals surface area contributed by atoms with Crippen molar-refractivity contribution in [1.29, 1.82) is 0 Å². The fraction of sp³-hybridized carbons (Fsp3) is 0.214. The van der Waals surface area contributed by atoms with Crippen molar-refractivity contribution >= 4 is 34.9 Å². The smallest absolute Gasteiger partial charge is 0.341 e. The van der Waals surface area contributed by atoms with Gasteiger partial charge in [0.05, 0.1) is 13.7 Å². The summed E-state index contributed by atoms with van der Waals surface area (Å²) in [6.07, 6.45) is 0. The quantitative estimate of drug-likeness (QED) is 0.855. The van der Waals surface area contributed by atoms with Gasteiger partial charge in [-0.05, 0) is 31.2 Å².